The van der Waals surface area contributed by atoms with Crippen molar-refractivity contribution in [3.63, 3.8) is 0 Å². The van der Waals surface area contributed by atoms with E-state index >= 15 is 0 Å². The van der Waals surface area contributed by atoms with Gasteiger partial charge in [-0.15, -0.1) is 0 Å². The molecule has 30 heavy (non-hydrogen) atoms. The molecule has 4 aromatic heterocycles. The Kier molecular flexibility index (Phi) is 3.46. The second-order valence-electron chi connectivity index (χ2n) is 9.80. The van der Waals surface area contributed by atoms with E-state index in [0.717, 1.165) is 0 Å². The Balaban J connectivity index is 2.09. The molecule has 148 valence electrons. The van der Waals surface area contributed by atoms with Crippen LogP contribution in [0.3, 0.4) is 0 Å². The van der Waals surface area contributed by atoms with Crippen molar-refractivity contribution in [1.29, 1.82) is 0 Å². The van der Waals surface area contributed by atoms with E-state index in [-0.39, 0.29) is 0 Å². The summed E-state index contributed by atoms with van der Waals surface area (Å²) in [5, 5.41) is 6.69. The first-order chi connectivity index (χ1) is 14.3. The molecule has 6 rings (SSSR count). The molecule has 0 saturated heterocycles. The molecular formula is C26H26GeN3+. The molecule has 4 heteroatoms. The Morgan fingerprint density at radius 3 is 2.50 bits per heavy atom. The number of aryl methyl sites for hydroxylation is 3. The summed E-state index contributed by atoms with van der Waals surface area (Å²) in [5.74, 6) is 7.44. The zero-order valence-corrected chi connectivity index (χ0v) is 20.6. The summed E-state index contributed by atoms with van der Waals surface area (Å²) in [7, 11) is 2.18. The van der Waals surface area contributed by atoms with E-state index in [1.807, 2.05) is 12.4 Å². The molecule has 0 amide bonds. The average molecular weight is 453 g/mol. The molecule has 6 aromatic rings. The fourth-order valence-electron chi connectivity index (χ4n) is 5.18. The number of nitrogens with zero attached hydrogens (tertiary/aromatic N) is 3. The fourth-order valence-corrected chi connectivity index (χ4v) is 7.61. The predicted octanol–water partition coefficient (Wildman–Crippen LogP) is 5.37. The van der Waals surface area contributed by atoms with Crippen LogP contribution in [0.15, 0.2) is 48.9 Å². The van der Waals surface area contributed by atoms with Crippen molar-refractivity contribution in [2.24, 2.45) is 7.05 Å². The van der Waals surface area contributed by atoms with E-state index in [2.05, 4.69) is 88.6 Å². The number of benzene rings is 2. The number of aromatic nitrogens is 3. The van der Waals surface area contributed by atoms with Crippen LogP contribution in [-0.4, -0.2) is 22.7 Å². The third-order valence-electron chi connectivity index (χ3n) is 6.93. The molecule has 0 bridgehead atoms. The zero-order chi connectivity index (χ0) is 20.9. The first kappa shape index (κ1) is 18.1. The fraction of sp³-hybridized carbons (Fsp3) is 0.231. The summed E-state index contributed by atoms with van der Waals surface area (Å²) in [5.41, 5.74) is 7.90. The third-order valence-corrected chi connectivity index (χ3v) is 11.2. The number of hydrogen-bond donors (Lipinski definition) is 0. The summed E-state index contributed by atoms with van der Waals surface area (Å²) >= 11 is -2.03. The third kappa shape index (κ3) is 2.16. The summed E-state index contributed by atoms with van der Waals surface area (Å²) in [6.07, 6.45) is 6.19. The van der Waals surface area contributed by atoms with Gasteiger partial charge in [-0.05, 0) is 0 Å². The first-order valence-electron chi connectivity index (χ1n) is 10.6. The van der Waals surface area contributed by atoms with Crippen LogP contribution in [0.5, 0.6) is 0 Å². The monoisotopic (exact) mass is 454 g/mol. The van der Waals surface area contributed by atoms with Crippen molar-refractivity contribution in [2.45, 2.75) is 31.1 Å². The number of fused-ring (bicyclic) bond motifs is 5. The van der Waals surface area contributed by atoms with Crippen molar-refractivity contribution >= 4 is 66.7 Å². The molecule has 0 atom stereocenters. The maximum absolute atomic E-state index is 4.51. The van der Waals surface area contributed by atoms with Crippen LogP contribution in [0.4, 0.5) is 0 Å². The van der Waals surface area contributed by atoms with Crippen LogP contribution in [0, 0.1) is 13.8 Å². The molecule has 0 radical (unpaired) electrons. The van der Waals surface area contributed by atoms with E-state index < -0.39 is 13.3 Å². The van der Waals surface area contributed by atoms with Gasteiger partial charge in [-0.3, -0.25) is 0 Å². The van der Waals surface area contributed by atoms with E-state index in [1.54, 1.807) is 4.40 Å². The number of hydrogen-bond acceptors (Lipinski definition) is 1. The molecule has 0 aliphatic rings. The molecule has 0 saturated carbocycles. The van der Waals surface area contributed by atoms with Crippen LogP contribution in [-0.2, 0) is 7.05 Å². The van der Waals surface area contributed by atoms with Gasteiger partial charge in [0, 0.05) is 0 Å². The molecular weight excluding hydrogens is 427 g/mol. The Morgan fingerprint density at radius 2 is 1.73 bits per heavy atom. The molecule has 3 nitrogen and oxygen atoms in total. The summed E-state index contributed by atoms with van der Waals surface area (Å²) in [6.45, 7) is 4.51. The van der Waals surface area contributed by atoms with Gasteiger partial charge in [-0.25, -0.2) is 0 Å². The zero-order valence-electron chi connectivity index (χ0n) is 18.5. The number of pyridine rings is 3. The van der Waals surface area contributed by atoms with Gasteiger partial charge in [0.05, 0.1) is 0 Å². The Bertz CT molecular complexity index is 1650. The second kappa shape index (κ2) is 5.73. The van der Waals surface area contributed by atoms with Gasteiger partial charge in [0.2, 0.25) is 0 Å². The number of rotatable bonds is 1. The van der Waals surface area contributed by atoms with Gasteiger partial charge in [-0.2, -0.15) is 0 Å². The van der Waals surface area contributed by atoms with Gasteiger partial charge >= 0.3 is 179 Å². The SMILES string of the molecule is Cc1cc2c3ccncc3n3c4c[c]([Ge]([CH3])([CH3])[CH3])cc5cc[n+](C)c(c(c1C)c23)c54. The second-order valence-corrected chi connectivity index (χ2v) is 20.5. The van der Waals surface area contributed by atoms with Gasteiger partial charge < -0.3 is 0 Å². The molecule has 0 fully saturated rings. The maximum atomic E-state index is 4.51. The standard InChI is InChI=1S/C26H26GeN3/c1-15-11-20-19-7-9-28-14-22(19)30-21-13-18(27(3,4)5)12-17-8-10-29(6)26(24(17)21)23(16(15)2)25(20)30/h7-14H,1-6H3/q+1. The molecule has 4 heterocycles. The minimum absolute atomic E-state index is 1.20. The summed E-state index contributed by atoms with van der Waals surface area (Å²) in [4.78, 5) is 4.51. The van der Waals surface area contributed by atoms with Crippen LogP contribution < -0.4 is 8.96 Å². The van der Waals surface area contributed by atoms with Gasteiger partial charge in [0.25, 0.3) is 0 Å². The van der Waals surface area contributed by atoms with Crippen LogP contribution in [0.25, 0.3) is 49.0 Å². The van der Waals surface area contributed by atoms with Crippen LogP contribution >= 0.6 is 0 Å². The van der Waals surface area contributed by atoms with Crippen molar-refractivity contribution in [3.8, 4) is 0 Å². The molecule has 0 unspecified atom stereocenters. The molecule has 2 aromatic carbocycles. The summed E-state index contributed by atoms with van der Waals surface area (Å²) < 4.78 is 6.35. The molecule has 0 aliphatic heterocycles. The quantitative estimate of drug-likeness (QED) is 0.142. The van der Waals surface area contributed by atoms with E-state index in [4.69, 9.17) is 0 Å². The first-order valence-corrected chi connectivity index (χ1v) is 18.0. The molecule has 0 spiro atoms. The van der Waals surface area contributed by atoms with E-state index in [1.165, 1.54) is 60.1 Å². The van der Waals surface area contributed by atoms with E-state index in [9.17, 15) is 0 Å². The average Bonchev–Trinajstić information content (AvgIpc) is 3.03. The van der Waals surface area contributed by atoms with Gasteiger partial charge in [-0.1, -0.05) is 0 Å². The van der Waals surface area contributed by atoms with Gasteiger partial charge in [0.15, 0.2) is 0 Å². The Morgan fingerprint density at radius 1 is 0.933 bits per heavy atom. The van der Waals surface area contributed by atoms with Crippen LogP contribution in [0.2, 0.25) is 17.3 Å². The Labute approximate surface area is 178 Å². The minimum atomic E-state index is -2.03. The van der Waals surface area contributed by atoms with Gasteiger partial charge in [0.1, 0.15) is 0 Å². The normalized spacial score (nSPS) is 13.0. The molecule has 0 N–H and O–H groups in total. The van der Waals surface area contributed by atoms with Crippen molar-refractivity contribution < 1.29 is 4.57 Å². The van der Waals surface area contributed by atoms with Crippen molar-refractivity contribution in [1.82, 2.24) is 9.38 Å². The topological polar surface area (TPSA) is 21.2 Å². The van der Waals surface area contributed by atoms with Crippen LogP contribution in [0.1, 0.15) is 11.1 Å². The Hall–Kier alpha value is -2.66. The summed E-state index contributed by atoms with van der Waals surface area (Å²) in [6, 6.07) is 11.8. The van der Waals surface area contributed by atoms with Crippen molar-refractivity contribution in [3.05, 3.63) is 60.0 Å². The van der Waals surface area contributed by atoms with E-state index in [0.29, 0.717) is 0 Å². The molecule has 0 aliphatic carbocycles. The predicted molar refractivity (Wildman–Crippen MR) is 130 cm³/mol. The van der Waals surface area contributed by atoms with Crippen molar-refractivity contribution in [2.75, 3.05) is 0 Å².